The molecule has 0 fully saturated rings. The lowest BCUT2D eigenvalue weighted by Crippen LogP contribution is -2.30. The van der Waals surface area contributed by atoms with E-state index >= 15 is 0 Å². The minimum Gasteiger partial charge on any atom is -0.483 e. The molecule has 156 valence electrons. The Bertz CT molecular complexity index is 1000. The van der Waals surface area contributed by atoms with E-state index in [-0.39, 0.29) is 29.4 Å². The molecule has 0 saturated carbocycles. The number of benzene rings is 2. The molecule has 2 amide bonds. The van der Waals surface area contributed by atoms with Gasteiger partial charge in [-0.15, -0.1) is 0 Å². The molecule has 3 N–H and O–H groups in total. The number of hydrogen-bond acceptors (Lipinski definition) is 5. The number of amides is 2. The fourth-order valence-corrected chi connectivity index (χ4v) is 3.88. The Balaban J connectivity index is 1.99. The maximum atomic E-state index is 12.2. The Morgan fingerprint density at radius 1 is 1.03 bits per heavy atom. The summed E-state index contributed by atoms with van der Waals surface area (Å²) in [5.74, 6) is -0.181. The van der Waals surface area contributed by atoms with E-state index in [0.29, 0.717) is 22.7 Å². The normalized spacial score (nSPS) is 11.2. The van der Waals surface area contributed by atoms with Gasteiger partial charge in [-0.1, -0.05) is 6.07 Å². The molecule has 0 aliphatic rings. The predicted molar refractivity (Wildman–Crippen MR) is 112 cm³/mol. The molecule has 0 radical (unpaired) electrons. The van der Waals surface area contributed by atoms with Gasteiger partial charge in [0.2, 0.25) is 15.9 Å². The molecule has 2 aromatic carbocycles. The molecule has 0 unspecified atom stereocenters. The summed E-state index contributed by atoms with van der Waals surface area (Å²) in [6, 6.07) is 11.0. The molecule has 0 spiro atoms. The molecule has 0 aliphatic heterocycles. The van der Waals surface area contributed by atoms with Crippen LogP contribution in [0.1, 0.15) is 26.3 Å². The number of ether oxygens (including phenoxy) is 1. The van der Waals surface area contributed by atoms with Crippen molar-refractivity contribution in [3.63, 3.8) is 0 Å². The van der Waals surface area contributed by atoms with Crippen LogP contribution < -0.4 is 20.1 Å². The minimum atomic E-state index is -3.60. The van der Waals surface area contributed by atoms with Crippen molar-refractivity contribution in [3.8, 4) is 5.75 Å². The van der Waals surface area contributed by atoms with Crippen LogP contribution in [0.15, 0.2) is 47.4 Å². The van der Waals surface area contributed by atoms with Crippen LogP contribution in [0.5, 0.6) is 5.75 Å². The molecule has 9 heteroatoms. The van der Waals surface area contributed by atoms with Crippen molar-refractivity contribution in [3.05, 3.63) is 48.0 Å². The Kier molecular flexibility index (Phi) is 7.35. The van der Waals surface area contributed by atoms with Gasteiger partial charge in [0.1, 0.15) is 5.75 Å². The zero-order valence-corrected chi connectivity index (χ0v) is 17.6. The molecule has 0 atom stereocenters. The lowest BCUT2D eigenvalue weighted by molar-refractivity contribution is -0.118. The minimum absolute atomic E-state index is 0.135. The highest BCUT2D eigenvalue weighted by molar-refractivity contribution is 7.89. The molecule has 0 aromatic heterocycles. The first-order valence-corrected chi connectivity index (χ1v) is 10.5. The number of carbonyl (C=O) groups excluding carboxylic acids is 2. The fraction of sp³-hybridized carbons (Fsp3) is 0.300. The van der Waals surface area contributed by atoms with Gasteiger partial charge in [0, 0.05) is 24.3 Å². The summed E-state index contributed by atoms with van der Waals surface area (Å²) in [7, 11) is -3.60. The molecule has 0 bridgehead atoms. The summed E-state index contributed by atoms with van der Waals surface area (Å²) in [5, 5.41) is 5.32. The molecule has 0 heterocycles. The van der Waals surface area contributed by atoms with Gasteiger partial charge >= 0.3 is 0 Å². The number of aryl methyl sites for hydroxylation is 1. The number of rotatable bonds is 8. The van der Waals surface area contributed by atoms with E-state index in [0.717, 1.165) is 0 Å². The fourth-order valence-electron chi connectivity index (χ4n) is 2.55. The second-order valence-corrected chi connectivity index (χ2v) is 8.52. The van der Waals surface area contributed by atoms with Crippen LogP contribution >= 0.6 is 0 Å². The molecule has 2 aromatic rings. The third kappa shape index (κ3) is 6.88. The number of sulfonamides is 1. The Morgan fingerprint density at radius 2 is 1.69 bits per heavy atom. The first kappa shape index (κ1) is 22.4. The van der Waals surface area contributed by atoms with Crippen molar-refractivity contribution in [2.24, 2.45) is 0 Å². The Labute approximate surface area is 170 Å². The summed E-state index contributed by atoms with van der Waals surface area (Å²) in [5.41, 5.74) is 1.68. The maximum Gasteiger partial charge on any atom is 0.262 e. The average molecular weight is 420 g/mol. The van der Waals surface area contributed by atoms with E-state index in [9.17, 15) is 18.0 Å². The third-order valence-corrected chi connectivity index (χ3v) is 5.33. The van der Waals surface area contributed by atoms with Gasteiger partial charge in [-0.2, -0.15) is 0 Å². The molecule has 2 rings (SSSR count). The molecular formula is C20H25N3O5S. The zero-order chi connectivity index (χ0) is 21.6. The highest BCUT2D eigenvalue weighted by atomic mass is 32.2. The quantitative estimate of drug-likeness (QED) is 0.609. The van der Waals surface area contributed by atoms with Gasteiger partial charge in [0.25, 0.3) is 5.91 Å². The molecule has 8 nitrogen and oxygen atoms in total. The molecular weight excluding hydrogens is 394 g/mol. The standard InChI is InChI=1S/C20H25N3O5S/c1-13(2)23-29(26,27)18-8-9-19(14(3)10-18)28-12-20(25)22-17-7-5-6-16(11-17)21-15(4)24/h5-11,13,23H,12H2,1-4H3,(H,21,24)(H,22,25). The lowest BCUT2D eigenvalue weighted by Gasteiger charge is -2.13. The number of anilines is 2. The molecule has 29 heavy (non-hydrogen) atoms. The summed E-state index contributed by atoms with van der Waals surface area (Å²) < 4.78 is 32.5. The van der Waals surface area contributed by atoms with Gasteiger partial charge in [-0.25, -0.2) is 13.1 Å². The molecule has 0 aliphatic carbocycles. The van der Waals surface area contributed by atoms with Crippen LogP contribution in [0.2, 0.25) is 0 Å². The average Bonchev–Trinajstić information content (AvgIpc) is 2.59. The highest BCUT2D eigenvalue weighted by Gasteiger charge is 2.17. The van der Waals surface area contributed by atoms with E-state index in [1.165, 1.54) is 25.1 Å². The van der Waals surface area contributed by atoms with Crippen LogP contribution in [0.25, 0.3) is 0 Å². The van der Waals surface area contributed by atoms with E-state index in [1.807, 2.05) is 0 Å². The SMILES string of the molecule is CC(=O)Nc1cccc(NC(=O)COc2ccc(S(=O)(=O)NC(C)C)cc2C)c1. The van der Waals surface area contributed by atoms with Gasteiger partial charge < -0.3 is 15.4 Å². The lowest BCUT2D eigenvalue weighted by atomic mass is 10.2. The first-order valence-electron chi connectivity index (χ1n) is 9.00. The monoisotopic (exact) mass is 419 g/mol. The summed E-state index contributed by atoms with van der Waals surface area (Å²) >= 11 is 0. The van der Waals surface area contributed by atoms with Crippen LogP contribution in [0, 0.1) is 6.92 Å². The zero-order valence-electron chi connectivity index (χ0n) is 16.8. The van der Waals surface area contributed by atoms with E-state index in [4.69, 9.17) is 4.74 Å². The van der Waals surface area contributed by atoms with Gasteiger partial charge in [0.15, 0.2) is 6.61 Å². The summed E-state index contributed by atoms with van der Waals surface area (Å²) in [4.78, 5) is 23.4. The van der Waals surface area contributed by atoms with Crippen molar-refractivity contribution in [2.75, 3.05) is 17.2 Å². The summed E-state index contributed by atoms with van der Waals surface area (Å²) in [6.07, 6.45) is 0. The van der Waals surface area contributed by atoms with Crippen molar-refractivity contribution >= 4 is 33.2 Å². The van der Waals surface area contributed by atoms with Crippen LogP contribution in [0.4, 0.5) is 11.4 Å². The van der Waals surface area contributed by atoms with Gasteiger partial charge in [-0.05, 0) is 62.7 Å². The van der Waals surface area contributed by atoms with Crippen LogP contribution in [0.3, 0.4) is 0 Å². The first-order chi connectivity index (χ1) is 13.6. The van der Waals surface area contributed by atoms with E-state index < -0.39 is 10.0 Å². The largest absolute Gasteiger partial charge is 0.483 e. The van der Waals surface area contributed by atoms with Crippen LogP contribution in [-0.2, 0) is 19.6 Å². The Morgan fingerprint density at radius 3 is 2.28 bits per heavy atom. The summed E-state index contributed by atoms with van der Waals surface area (Å²) in [6.45, 7) is 6.34. The Hall–Kier alpha value is -2.91. The van der Waals surface area contributed by atoms with Gasteiger partial charge in [0.05, 0.1) is 4.90 Å². The predicted octanol–water partition coefficient (Wildman–Crippen LogP) is 2.66. The smallest absolute Gasteiger partial charge is 0.262 e. The van der Waals surface area contributed by atoms with Crippen molar-refractivity contribution in [2.45, 2.75) is 38.6 Å². The number of hydrogen-bond donors (Lipinski definition) is 3. The highest BCUT2D eigenvalue weighted by Crippen LogP contribution is 2.22. The van der Waals surface area contributed by atoms with E-state index in [2.05, 4.69) is 15.4 Å². The molecule has 0 saturated heterocycles. The van der Waals surface area contributed by atoms with Crippen molar-refractivity contribution < 1.29 is 22.7 Å². The second kappa shape index (κ2) is 9.53. The third-order valence-electron chi connectivity index (χ3n) is 3.67. The van der Waals surface area contributed by atoms with Crippen molar-refractivity contribution in [1.82, 2.24) is 4.72 Å². The van der Waals surface area contributed by atoms with Crippen LogP contribution in [-0.4, -0.2) is 32.9 Å². The van der Waals surface area contributed by atoms with E-state index in [1.54, 1.807) is 45.0 Å². The second-order valence-electron chi connectivity index (χ2n) is 6.80. The number of carbonyl (C=O) groups is 2. The number of nitrogens with one attached hydrogen (secondary N) is 3. The topological polar surface area (TPSA) is 114 Å². The maximum absolute atomic E-state index is 12.2. The van der Waals surface area contributed by atoms with Crippen molar-refractivity contribution in [1.29, 1.82) is 0 Å². The van der Waals surface area contributed by atoms with Gasteiger partial charge in [-0.3, -0.25) is 9.59 Å².